The van der Waals surface area contributed by atoms with Crippen molar-refractivity contribution in [1.82, 2.24) is 5.32 Å². The third-order valence-electron chi connectivity index (χ3n) is 4.35. The lowest BCUT2D eigenvalue weighted by atomic mass is 9.80. The van der Waals surface area contributed by atoms with E-state index < -0.39 is 0 Å². The summed E-state index contributed by atoms with van der Waals surface area (Å²) in [6.07, 6.45) is 7.57. The molecule has 1 N–H and O–H groups in total. The van der Waals surface area contributed by atoms with Crippen molar-refractivity contribution in [1.29, 1.82) is 0 Å². The third kappa shape index (κ3) is 4.04. The minimum Gasteiger partial charge on any atom is -0.314 e. The van der Waals surface area contributed by atoms with Crippen LogP contribution in [0.25, 0.3) is 0 Å². The minimum absolute atomic E-state index is 0.120. The van der Waals surface area contributed by atoms with Gasteiger partial charge in [0.15, 0.2) is 0 Å². The first-order valence-corrected chi connectivity index (χ1v) is 7.69. The van der Waals surface area contributed by atoms with Crippen molar-refractivity contribution in [2.75, 3.05) is 6.54 Å². The van der Waals surface area contributed by atoms with Gasteiger partial charge in [0, 0.05) is 6.04 Å². The Hall–Kier alpha value is -0.890. The van der Waals surface area contributed by atoms with Gasteiger partial charge in [0.05, 0.1) is 0 Å². The van der Waals surface area contributed by atoms with Crippen LogP contribution in [0.1, 0.15) is 50.2 Å². The Balaban J connectivity index is 2.02. The Bertz CT molecular complexity index is 402. The largest absolute Gasteiger partial charge is 0.314 e. The van der Waals surface area contributed by atoms with Gasteiger partial charge in [-0.15, -0.1) is 0 Å². The summed E-state index contributed by atoms with van der Waals surface area (Å²) in [6.45, 7) is 5.36. The number of halogens is 1. The second kappa shape index (κ2) is 7.04. The number of hydrogen-bond acceptors (Lipinski definition) is 1. The molecule has 0 spiro atoms. The maximum absolute atomic E-state index is 13.2. The molecule has 19 heavy (non-hydrogen) atoms. The molecular formula is C17H26FN. The SMILES string of the molecule is CCCNC1CCCCC1Cc1ccc(F)cc1C. The minimum atomic E-state index is -0.120. The van der Waals surface area contributed by atoms with Gasteiger partial charge in [0.1, 0.15) is 5.82 Å². The van der Waals surface area contributed by atoms with Crippen molar-refractivity contribution in [2.45, 2.75) is 58.4 Å². The van der Waals surface area contributed by atoms with E-state index >= 15 is 0 Å². The Labute approximate surface area is 116 Å². The van der Waals surface area contributed by atoms with E-state index in [2.05, 4.69) is 12.2 Å². The molecule has 0 heterocycles. The summed E-state index contributed by atoms with van der Waals surface area (Å²) in [5.74, 6) is 0.593. The van der Waals surface area contributed by atoms with E-state index in [1.54, 1.807) is 12.1 Å². The highest BCUT2D eigenvalue weighted by Crippen LogP contribution is 2.28. The summed E-state index contributed by atoms with van der Waals surface area (Å²) in [4.78, 5) is 0. The van der Waals surface area contributed by atoms with Crippen LogP contribution in [0, 0.1) is 18.7 Å². The Kier molecular flexibility index (Phi) is 5.38. The monoisotopic (exact) mass is 263 g/mol. The zero-order valence-corrected chi connectivity index (χ0v) is 12.2. The van der Waals surface area contributed by atoms with E-state index in [9.17, 15) is 4.39 Å². The molecule has 1 aliphatic carbocycles. The summed E-state index contributed by atoms with van der Waals surface area (Å²) in [5, 5.41) is 3.70. The van der Waals surface area contributed by atoms with E-state index in [0.717, 1.165) is 18.5 Å². The van der Waals surface area contributed by atoms with Crippen LogP contribution in [0.15, 0.2) is 18.2 Å². The van der Waals surface area contributed by atoms with E-state index in [4.69, 9.17) is 0 Å². The molecule has 1 nitrogen and oxygen atoms in total. The first-order chi connectivity index (χ1) is 9.20. The van der Waals surface area contributed by atoms with Crippen molar-refractivity contribution in [3.63, 3.8) is 0 Å². The predicted molar refractivity (Wildman–Crippen MR) is 78.9 cm³/mol. The molecular weight excluding hydrogens is 237 g/mol. The molecule has 1 aliphatic rings. The molecule has 0 aromatic heterocycles. The number of rotatable bonds is 5. The van der Waals surface area contributed by atoms with Crippen molar-refractivity contribution in [3.05, 3.63) is 35.1 Å². The van der Waals surface area contributed by atoms with Gasteiger partial charge in [-0.1, -0.05) is 25.8 Å². The fourth-order valence-electron chi connectivity index (χ4n) is 3.22. The van der Waals surface area contributed by atoms with Gasteiger partial charge in [-0.05, 0) is 68.3 Å². The quantitative estimate of drug-likeness (QED) is 0.838. The van der Waals surface area contributed by atoms with Gasteiger partial charge >= 0.3 is 0 Å². The molecule has 0 saturated heterocycles. The average Bonchev–Trinajstić information content (AvgIpc) is 2.41. The topological polar surface area (TPSA) is 12.0 Å². The second-order valence-electron chi connectivity index (χ2n) is 5.88. The zero-order chi connectivity index (χ0) is 13.7. The maximum Gasteiger partial charge on any atom is 0.123 e. The van der Waals surface area contributed by atoms with Crippen LogP contribution >= 0.6 is 0 Å². The summed E-state index contributed by atoms with van der Waals surface area (Å²) in [5.41, 5.74) is 2.41. The molecule has 0 aliphatic heterocycles. The molecule has 106 valence electrons. The Morgan fingerprint density at radius 3 is 2.79 bits per heavy atom. The van der Waals surface area contributed by atoms with Crippen LogP contribution in [0.4, 0.5) is 4.39 Å². The highest BCUT2D eigenvalue weighted by atomic mass is 19.1. The molecule has 1 fully saturated rings. The molecule has 0 amide bonds. The van der Waals surface area contributed by atoms with Gasteiger partial charge in [-0.2, -0.15) is 0 Å². The third-order valence-corrected chi connectivity index (χ3v) is 4.35. The summed E-state index contributed by atoms with van der Waals surface area (Å²) in [6, 6.07) is 5.88. The lowest BCUT2D eigenvalue weighted by Crippen LogP contribution is -2.39. The van der Waals surface area contributed by atoms with Gasteiger partial charge < -0.3 is 5.32 Å². The normalized spacial score (nSPS) is 23.5. The van der Waals surface area contributed by atoms with Gasteiger partial charge in [0.25, 0.3) is 0 Å². The molecule has 0 radical (unpaired) electrons. The van der Waals surface area contributed by atoms with Crippen LogP contribution in [0.5, 0.6) is 0 Å². The molecule has 0 bridgehead atoms. The molecule has 1 saturated carbocycles. The van der Waals surface area contributed by atoms with E-state index in [-0.39, 0.29) is 5.82 Å². The van der Waals surface area contributed by atoms with Crippen LogP contribution in [0.3, 0.4) is 0 Å². The fourth-order valence-corrected chi connectivity index (χ4v) is 3.22. The van der Waals surface area contributed by atoms with Crippen molar-refractivity contribution in [3.8, 4) is 0 Å². The molecule has 2 unspecified atom stereocenters. The molecule has 1 aromatic rings. The lowest BCUT2D eigenvalue weighted by molar-refractivity contribution is 0.261. The number of aryl methyl sites for hydroxylation is 1. The molecule has 1 aromatic carbocycles. The second-order valence-corrected chi connectivity index (χ2v) is 5.88. The van der Waals surface area contributed by atoms with E-state index in [0.29, 0.717) is 12.0 Å². The molecule has 2 rings (SSSR count). The highest BCUT2D eigenvalue weighted by molar-refractivity contribution is 5.27. The average molecular weight is 263 g/mol. The van der Waals surface area contributed by atoms with Gasteiger partial charge in [-0.3, -0.25) is 0 Å². The van der Waals surface area contributed by atoms with Crippen molar-refractivity contribution < 1.29 is 4.39 Å². The van der Waals surface area contributed by atoms with E-state index in [1.165, 1.54) is 37.7 Å². The highest BCUT2D eigenvalue weighted by Gasteiger charge is 2.24. The zero-order valence-electron chi connectivity index (χ0n) is 12.2. The maximum atomic E-state index is 13.2. The van der Waals surface area contributed by atoms with E-state index in [1.807, 2.05) is 13.0 Å². The first-order valence-electron chi connectivity index (χ1n) is 7.69. The van der Waals surface area contributed by atoms with Crippen LogP contribution in [-0.4, -0.2) is 12.6 Å². The van der Waals surface area contributed by atoms with Gasteiger partial charge in [0.2, 0.25) is 0 Å². The molecule has 2 atom stereocenters. The predicted octanol–water partition coefficient (Wildman–Crippen LogP) is 4.24. The Morgan fingerprint density at radius 2 is 2.05 bits per heavy atom. The molecule has 2 heteroatoms. The Morgan fingerprint density at radius 1 is 1.26 bits per heavy atom. The van der Waals surface area contributed by atoms with Crippen molar-refractivity contribution >= 4 is 0 Å². The van der Waals surface area contributed by atoms with Crippen LogP contribution < -0.4 is 5.32 Å². The standard InChI is InChI=1S/C17H26FN/c1-3-10-19-17-7-5-4-6-15(17)12-14-8-9-16(18)11-13(14)2/h8-9,11,15,17,19H,3-7,10,12H2,1-2H3. The van der Waals surface area contributed by atoms with Crippen LogP contribution in [0.2, 0.25) is 0 Å². The lowest BCUT2D eigenvalue weighted by Gasteiger charge is -2.33. The first kappa shape index (κ1) is 14.5. The number of nitrogens with one attached hydrogen (secondary N) is 1. The van der Waals surface area contributed by atoms with Crippen LogP contribution in [-0.2, 0) is 6.42 Å². The summed E-state index contributed by atoms with van der Waals surface area (Å²) >= 11 is 0. The number of benzene rings is 1. The fraction of sp³-hybridized carbons (Fsp3) is 0.647. The summed E-state index contributed by atoms with van der Waals surface area (Å²) in [7, 11) is 0. The number of hydrogen-bond donors (Lipinski definition) is 1. The smallest absolute Gasteiger partial charge is 0.123 e. The summed E-state index contributed by atoms with van der Waals surface area (Å²) < 4.78 is 13.2. The van der Waals surface area contributed by atoms with Gasteiger partial charge in [-0.25, -0.2) is 4.39 Å². The van der Waals surface area contributed by atoms with Crippen molar-refractivity contribution in [2.24, 2.45) is 5.92 Å².